The molecule has 1 amide bonds. The zero-order valence-corrected chi connectivity index (χ0v) is 19.7. The number of aromatic nitrogens is 2. The maximum atomic E-state index is 13.7. The number of hydrogen-bond acceptors (Lipinski definition) is 7. The second-order valence-electron chi connectivity index (χ2n) is 9.15. The van der Waals surface area contributed by atoms with Gasteiger partial charge in [0.15, 0.2) is 0 Å². The molecule has 1 aromatic heterocycles. The van der Waals surface area contributed by atoms with Crippen LogP contribution >= 0.6 is 0 Å². The first-order valence-corrected chi connectivity index (χ1v) is 12.1. The molecule has 2 aliphatic heterocycles. The summed E-state index contributed by atoms with van der Waals surface area (Å²) in [5.41, 5.74) is 9.25. The lowest BCUT2D eigenvalue weighted by atomic mass is 9.96. The van der Waals surface area contributed by atoms with Crippen molar-refractivity contribution in [3.8, 4) is 0 Å². The van der Waals surface area contributed by atoms with Crippen LogP contribution in [0.25, 0.3) is 10.9 Å². The van der Waals surface area contributed by atoms with Crippen molar-refractivity contribution < 1.29 is 4.79 Å². The zero-order valence-electron chi connectivity index (χ0n) is 19.7. The molecule has 0 saturated carbocycles. The Morgan fingerprint density at radius 2 is 1.82 bits per heavy atom. The molecule has 0 radical (unpaired) electrons. The Bertz CT molecular complexity index is 1120. The highest BCUT2D eigenvalue weighted by Gasteiger charge is 2.36. The van der Waals surface area contributed by atoms with Crippen molar-refractivity contribution in [3.05, 3.63) is 66.0 Å². The fourth-order valence-corrected chi connectivity index (χ4v) is 5.13. The highest BCUT2D eigenvalue weighted by atomic mass is 16.2. The Morgan fingerprint density at radius 3 is 2.59 bits per heavy atom. The largest absolute Gasteiger partial charge is 0.353 e. The molecule has 2 aliphatic rings. The summed E-state index contributed by atoms with van der Waals surface area (Å²) in [5, 5.41) is 4.57. The maximum absolute atomic E-state index is 13.7. The number of benzene rings is 2. The van der Waals surface area contributed by atoms with Crippen LogP contribution in [0.3, 0.4) is 0 Å². The highest BCUT2D eigenvalue weighted by Crippen LogP contribution is 2.26. The Balaban J connectivity index is 1.30. The van der Waals surface area contributed by atoms with Crippen molar-refractivity contribution in [1.29, 1.82) is 0 Å². The lowest BCUT2D eigenvalue weighted by Crippen LogP contribution is -2.64. The molecule has 2 fully saturated rings. The summed E-state index contributed by atoms with van der Waals surface area (Å²) < 4.78 is 0. The van der Waals surface area contributed by atoms with E-state index in [2.05, 4.69) is 50.2 Å². The number of anilines is 1. The first-order valence-electron chi connectivity index (χ1n) is 12.1. The van der Waals surface area contributed by atoms with Crippen LogP contribution in [-0.4, -0.2) is 84.2 Å². The smallest absolute Gasteiger partial charge is 0.232 e. The van der Waals surface area contributed by atoms with Gasteiger partial charge in [-0.1, -0.05) is 42.0 Å². The van der Waals surface area contributed by atoms with E-state index in [9.17, 15) is 4.79 Å². The van der Waals surface area contributed by atoms with Gasteiger partial charge in [0, 0.05) is 57.7 Å². The van der Waals surface area contributed by atoms with Crippen LogP contribution in [0.1, 0.15) is 17.0 Å². The third kappa shape index (κ3) is 4.49. The van der Waals surface area contributed by atoms with Gasteiger partial charge in [0.1, 0.15) is 12.1 Å². The van der Waals surface area contributed by atoms with Crippen LogP contribution in [0.15, 0.2) is 54.9 Å². The van der Waals surface area contributed by atoms with E-state index < -0.39 is 0 Å². The number of rotatable bonds is 5. The predicted molar refractivity (Wildman–Crippen MR) is 135 cm³/mol. The second-order valence-corrected chi connectivity index (χ2v) is 9.15. The molecule has 0 bridgehead atoms. The molecule has 2 atom stereocenters. The molecular weight excluding hydrogens is 426 g/mol. The maximum Gasteiger partial charge on any atom is 0.232 e. The molecule has 0 spiro atoms. The van der Waals surface area contributed by atoms with E-state index in [-0.39, 0.29) is 18.0 Å². The van der Waals surface area contributed by atoms with Gasteiger partial charge in [0.2, 0.25) is 5.91 Å². The Morgan fingerprint density at radius 1 is 1.06 bits per heavy atom. The van der Waals surface area contributed by atoms with E-state index in [1.54, 1.807) is 6.33 Å². The molecule has 34 heavy (non-hydrogen) atoms. The summed E-state index contributed by atoms with van der Waals surface area (Å²) in [7, 11) is 0. The van der Waals surface area contributed by atoms with E-state index in [0.29, 0.717) is 13.1 Å². The van der Waals surface area contributed by atoms with Gasteiger partial charge in [-0.3, -0.25) is 9.69 Å². The van der Waals surface area contributed by atoms with Gasteiger partial charge >= 0.3 is 0 Å². The lowest BCUT2D eigenvalue weighted by molar-refractivity contribution is -0.140. The van der Waals surface area contributed by atoms with Gasteiger partial charge in [-0.15, -0.1) is 0 Å². The van der Waals surface area contributed by atoms with E-state index in [0.717, 1.165) is 61.6 Å². The Hall–Kier alpha value is -3.07. The molecule has 3 aromatic rings. The fourth-order valence-electron chi connectivity index (χ4n) is 5.13. The van der Waals surface area contributed by atoms with Crippen LogP contribution in [0.5, 0.6) is 0 Å². The topological polar surface area (TPSA) is 90.6 Å². The van der Waals surface area contributed by atoms with E-state index >= 15 is 0 Å². The molecule has 8 nitrogen and oxygen atoms in total. The van der Waals surface area contributed by atoms with Gasteiger partial charge in [-0.2, -0.15) is 0 Å². The molecule has 2 unspecified atom stereocenters. The summed E-state index contributed by atoms with van der Waals surface area (Å²) in [5.74, 6) is 0.805. The second kappa shape index (κ2) is 10.0. The number of piperazine rings is 2. The van der Waals surface area contributed by atoms with Crippen LogP contribution in [0.2, 0.25) is 0 Å². The average Bonchev–Trinajstić information content (AvgIpc) is 2.90. The number of carbonyl (C=O) groups is 1. The van der Waals surface area contributed by atoms with Crippen LogP contribution in [-0.2, 0) is 4.79 Å². The minimum Gasteiger partial charge on any atom is -0.353 e. The number of carbonyl (C=O) groups excluding carboxylic acids is 1. The molecular formula is C26H33N7O. The number of nitrogens with one attached hydrogen (secondary N) is 1. The predicted octanol–water partition coefficient (Wildman–Crippen LogP) is 1.56. The highest BCUT2D eigenvalue weighted by molar-refractivity contribution is 5.89. The van der Waals surface area contributed by atoms with Crippen molar-refractivity contribution in [1.82, 2.24) is 25.1 Å². The third-order valence-electron chi connectivity index (χ3n) is 7.07. The number of amides is 1. The van der Waals surface area contributed by atoms with Crippen molar-refractivity contribution in [3.63, 3.8) is 0 Å². The van der Waals surface area contributed by atoms with Crippen LogP contribution in [0, 0.1) is 6.92 Å². The third-order valence-corrected chi connectivity index (χ3v) is 7.07. The monoisotopic (exact) mass is 459 g/mol. The number of fused-ring (bicyclic) bond motifs is 1. The van der Waals surface area contributed by atoms with Crippen molar-refractivity contribution in [2.75, 3.05) is 57.3 Å². The van der Waals surface area contributed by atoms with E-state index in [1.807, 2.05) is 35.2 Å². The van der Waals surface area contributed by atoms with E-state index in [4.69, 9.17) is 5.73 Å². The lowest BCUT2D eigenvalue weighted by Gasteiger charge is -2.47. The average molecular weight is 460 g/mol. The summed E-state index contributed by atoms with van der Waals surface area (Å²) in [6.07, 6.45) is 1.68. The van der Waals surface area contributed by atoms with Crippen LogP contribution in [0.4, 0.5) is 5.82 Å². The first kappa shape index (κ1) is 22.7. The number of hydrogen-bond donors (Lipinski definition) is 2. The van der Waals surface area contributed by atoms with Gasteiger partial charge in [-0.25, -0.2) is 9.97 Å². The molecule has 178 valence electrons. The van der Waals surface area contributed by atoms with Crippen molar-refractivity contribution in [2.24, 2.45) is 5.73 Å². The molecule has 8 heteroatoms. The minimum absolute atomic E-state index is 0.0324. The van der Waals surface area contributed by atoms with Crippen molar-refractivity contribution in [2.45, 2.75) is 19.0 Å². The fraction of sp³-hybridized carbons (Fsp3) is 0.423. The number of nitrogens with two attached hydrogens (primary N) is 1. The van der Waals surface area contributed by atoms with Crippen LogP contribution < -0.4 is 16.0 Å². The summed E-state index contributed by atoms with van der Waals surface area (Å²) in [6.45, 7) is 8.09. The molecule has 3 N–H and O–H groups in total. The summed E-state index contributed by atoms with van der Waals surface area (Å²) in [6, 6.07) is 16.3. The molecule has 2 aromatic carbocycles. The quantitative estimate of drug-likeness (QED) is 0.598. The van der Waals surface area contributed by atoms with E-state index in [1.165, 1.54) is 5.56 Å². The Kier molecular flexibility index (Phi) is 6.71. The summed E-state index contributed by atoms with van der Waals surface area (Å²) in [4.78, 5) is 29.5. The Labute approximate surface area is 200 Å². The molecule has 0 aliphatic carbocycles. The summed E-state index contributed by atoms with van der Waals surface area (Å²) >= 11 is 0. The molecule has 5 rings (SSSR count). The van der Waals surface area contributed by atoms with Gasteiger partial charge in [-0.05, 0) is 24.6 Å². The molecule has 2 saturated heterocycles. The van der Waals surface area contributed by atoms with Gasteiger partial charge in [0.25, 0.3) is 0 Å². The zero-order chi connectivity index (χ0) is 23.5. The standard InChI is InChI=1S/C26H33N7O/c1-19-6-8-20(9-7-19)22(16-27)26(34)33-11-10-28-17-24(33)31-12-14-32(15-13-31)25-21-4-2-3-5-23(21)29-18-30-25/h2-9,18,22,24,28H,10-17,27H2,1H3. The normalized spacial score (nSPS) is 20.5. The van der Waals surface area contributed by atoms with Gasteiger partial charge < -0.3 is 20.9 Å². The SMILES string of the molecule is Cc1ccc(C(CN)C(=O)N2CCNCC2N2CCN(c3ncnc4ccccc34)CC2)cc1. The number of nitrogens with zero attached hydrogens (tertiary/aromatic N) is 5. The first-order chi connectivity index (χ1) is 16.7. The minimum atomic E-state index is -0.310. The number of para-hydroxylation sites is 1. The van der Waals surface area contributed by atoms with Gasteiger partial charge in [0.05, 0.1) is 17.6 Å². The number of aryl methyl sites for hydroxylation is 1. The van der Waals surface area contributed by atoms with Crippen molar-refractivity contribution >= 4 is 22.6 Å². The molecule has 3 heterocycles.